The van der Waals surface area contributed by atoms with Crippen molar-refractivity contribution in [2.45, 2.75) is 341 Å². The summed E-state index contributed by atoms with van der Waals surface area (Å²) in [6, 6.07) is -0.546. The van der Waals surface area contributed by atoms with Gasteiger partial charge in [-0.25, -0.2) is 19.2 Å². The van der Waals surface area contributed by atoms with Crippen LogP contribution in [0.2, 0.25) is 0 Å². The standard InChI is InChI=1S/C67H134N6O7/c1-6-9-12-15-18-21-24-27-30-33-36-39-42-45-48-51-55-69-64(75)78-60-67(72-63(74)68-58-54-59-73(4)5,61-79-65(76)70-56-52-49-46-43-40-37-34-31-28-25-22-19-16-13-10-7-2)62-80-66(77)71-57-53-50-47-44-41-38-35-32-29-26-23-20-17-14-11-8-3/h6-62H2,1-5H3,(H,69,75)(H,70,76)(H,71,77)(H2,68,72,74). The summed E-state index contributed by atoms with van der Waals surface area (Å²) >= 11 is 0. The highest BCUT2D eigenvalue weighted by Crippen LogP contribution is 2.18. The zero-order valence-electron chi connectivity index (χ0n) is 53.6. The number of hydrogen-bond donors (Lipinski definition) is 5. The second-order valence-corrected chi connectivity index (χ2v) is 24.2. The molecule has 0 spiro atoms. The van der Waals surface area contributed by atoms with Crippen LogP contribution in [0.25, 0.3) is 0 Å². The first kappa shape index (κ1) is 77.0. The predicted octanol–water partition coefficient (Wildman–Crippen LogP) is 18.9. The Morgan fingerprint density at radius 3 is 0.700 bits per heavy atom. The Hall–Kier alpha value is -2.96. The lowest BCUT2D eigenvalue weighted by Gasteiger charge is -2.33. The number of rotatable bonds is 62. The zero-order chi connectivity index (χ0) is 58.3. The van der Waals surface area contributed by atoms with Crippen molar-refractivity contribution in [2.24, 2.45) is 0 Å². The number of amides is 5. The number of carbonyl (C=O) groups excluding carboxylic acids is 4. The van der Waals surface area contributed by atoms with Crippen molar-refractivity contribution in [3.05, 3.63) is 0 Å². The lowest BCUT2D eigenvalue weighted by molar-refractivity contribution is 0.0191. The molecule has 0 aliphatic carbocycles. The number of carbonyl (C=O) groups is 4. The predicted molar refractivity (Wildman–Crippen MR) is 339 cm³/mol. The molecule has 474 valence electrons. The molecule has 13 nitrogen and oxygen atoms in total. The van der Waals surface area contributed by atoms with E-state index in [1.165, 1.54) is 250 Å². The molecule has 0 aromatic heterocycles. The highest BCUT2D eigenvalue weighted by atomic mass is 16.6. The Labute approximate surface area is 494 Å². The fourth-order valence-electron chi connectivity index (χ4n) is 10.5. The maximum absolute atomic E-state index is 13.5. The van der Waals surface area contributed by atoms with Crippen molar-refractivity contribution in [3.63, 3.8) is 0 Å². The van der Waals surface area contributed by atoms with E-state index < -0.39 is 29.8 Å². The van der Waals surface area contributed by atoms with Crippen LogP contribution in [-0.2, 0) is 14.2 Å². The van der Waals surface area contributed by atoms with Gasteiger partial charge in [-0.3, -0.25) is 0 Å². The number of nitrogens with one attached hydrogen (secondary N) is 5. The molecule has 0 unspecified atom stereocenters. The molecule has 0 rings (SSSR count). The molecule has 0 aliphatic rings. The molecule has 0 saturated heterocycles. The molecule has 0 bridgehead atoms. The fourth-order valence-corrected chi connectivity index (χ4v) is 10.5. The first-order valence-electron chi connectivity index (χ1n) is 34.6. The topological polar surface area (TPSA) is 159 Å². The van der Waals surface area contributed by atoms with Gasteiger partial charge in [-0.05, 0) is 46.3 Å². The van der Waals surface area contributed by atoms with Crippen LogP contribution in [0.1, 0.15) is 335 Å². The van der Waals surface area contributed by atoms with Gasteiger partial charge < -0.3 is 45.7 Å². The number of urea groups is 1. The summed E-state index contributed by atoms with van der Waals surface area (Å²) < 4.78 is 17.2. The first-order chi connectivity index (χ1) is 39.2. The van der Waals surface area contributed by atoms with Crippen LogP contribution < -0.4 is 26.6 Å². The van der Waals surface area contributed by atoms with Gasteiger partial charge in [0, 0.05) is 26.2 Å². The second-order valence-electron chi connectivity index (χ2n) is 24.2. The van der Waals surface area contributed by atoms with Gasteiger partial charge in [-0.2, -0.15) is 0 Å². The summed E-state index contributed by atoms with van der Waals surface area (Å²) in [4.78, 5) is 55.0. The summed E-state index contributed by atoms with van der Waals surface area (Å²) in [7, 11) is 3.94. The molecule has 80 heavy (non-hydrogen) atoms. The van der Waals surface area contributed by atoms with E-state index in [9.17, 15) is 19.2 Å². The summed E-state index contributed by atoms with van der Waals surface area (Å²) in [5, 5.41) is 14.3. The van der Waals surface area contributed by atoms with Gasteiger partial charge in [-0.1, -0.05) is 310 Å². The van der Waals surface area contributed by atoms with Crippen molar-refractivity contribution in [2.75, 3.05) is 66.6 Å². The van der Waals surface area contributed by atoms with E-state index in [4.69, 9.17) is 14.2 Å². The van der Waals surface area contributed by atoms with E-state index in [1.54, 1.807) is 0 Å². The van der Waals surface area contributed by atoms with Crippen LogP contribution >= 0.6 is 0 Å². The largest absolute Gasteiger partial charge is 0.447 e. The molecule has 0 radical (unpaired) electrons. The van der Waals surface area contributed by atoms with E-state index in [0.717, 1.165) is 64.3 Å². The monoisotopic (exact) mass is 1140 g/mol. The van der Waals surface area contributed by atoms with Crippen molar-refractivity contribution >= 4 is 24.3 Å². The average molecular weight is 1140 g/mol. The third kappa shape index (κ3) is 58.2. The minimum atomic E-state index is -1.56. The molecule has 0 fully saturated rings. The number of nitrogens with zero attached hydrogens (tertiary/aromatic N) is 1. The molecule has 0 aromatic carbocycles. The van der Waals surface area contributed by atoms with Crippen molar-refractivity contribution in [1.82, 2.24) is 31.5 Å². The van der Waals surface area contributed by atoms with Gasteiger partial charge in [0.2, 0.25) is 0 Å². The van der Waals surface area contributed by atoms with Gasteiger partial charge in [-0.15, -0.1) is 0 Å². The maximum atomic E-state index is 13.5. The Morgan fingerprint density at radius 2 is 0.487 bits per heavy atom. The van der Waals surface area contributed by atoms with E-state index in [-0.39, 0.29) is 19.8 Å². The van der Waals surface area contributed by atoms with Crippen LogP contribution in [-0.4, -0.2) is 101 Å². The van der Waals surface area contributed by atoms with Gasteiger partial charge >= 0.3 is 24.3 Å². The highest BCUT2D eigenvalue weighted by Gasteiger charge is 2.38. The highest BCUT2D eigenvalue weighted by molar-refractivity contribution is 5.75. The van der Waals surface area contributed by atoms with Gasteiger partial charge in [0.15, 0.2) is 0 Å². The summed E-state index contributed by atoms with van der Waals surface area (Å²) in [6.07, 6.45) is 59.9. The molecule has 5 amide bonds. The Bertz CT molecular complexity index is 1210. The number of unbranched alkanes of at least 4 members (excludes halogenated alkanes) is 45. The molecule has 0 aromatic rings. The van der Waals surface area contributed by atoms with E-state index in [2.05, 4.69) is 47.4 Å². The van der Waals surface area contributed by atoms with Crippen LogP contribution in [0, 0.1) is 0 Å². The summed E-state index contributed by atoms with van der Waals surface area (Å²) in [6.45, 7) is 8.20. The van der Waals surface area contributed by atoms with E-state index >= 15 is 0 Å². The van der Waals surface area contributed by atoms with Crippen molar-refractivity contribution in [3.8, 4) is 0 Å². The third-order valence-corrected chi connectivity index (χ3v) is 15.8. The van der Waals surface area contributed by atoms with E-state index in [0.29, 0.717) is 32.6 Å². The number of ether oxygens (including phenoxy) is 3. The molecular formula is C67H134N6O7. The lowest BCUT2D eigenvalue weighted by atomic mass is 10.0. The minimum Gasteiger partial charge on any atom is -0.447 e. The molecule has 0 aliphatic heterocycles. The van der Waals surface area contributed by atoms with Gasteiger partial charge in [0.1, 0.15) is 25.4 Å². The van der Waals surface area contributed by atoms with E-state index in [1.807, 2.05) is 19.0 Å². The van der Waals surface area contributed by atoms with Gasteiger partial charge in [0.25, 0.3) is 0 Å². The molecule has 0 saturated carbocycles. The van der Waals surface area contributed by atoms with Crippen LogP contribution in [0.15, 0.2) is 0 Å². The second kappa shape index (κ2) is 62.1. The lowest BCUT2D eigenvalue weighted by Crippen LogP contribution is -2.62. The SMILES string of the molecule is CCCCCCCCCCCCCCCCCCNC(=O)OCC(COC(=O)NCCCCCCCCCCCCCCCCCC)(COC(=O)NCCCCCCCCCCCCCCCCCC)NC(=O)NCCCN(C)C. The van der Waals surface area contributed by atoms with Gasteiger partial charge in [0.05, 0.1) is 0 Å². The summed E-state index contributed by atoms with van der Waals surface area (Å²) in [5.74, 6) is 0. The molecular weight excluding hydrogens is 1000 g/mol. The average Bonchev–Trinajstić information content (AvgIpc) is 3.48. The number of hydrogen-bond acceptors (Lipinski definition) is 8. The molecule has 13 heteroatoms. The van der Waals surface area contributed by atoms with Crippen molar-refractivity contribution in [1.29, 1.82) is 0 Å². The smallest absolute Gasteiger partial charge is 0.407 e. The Kier molecular flexibility index (Phi) is 59.8. The fraction of sp³-hybridized carbons (Fsp3) is 0.940. The molecule has 0 heterocycles. The normalized spacial score (nSPS) is 11.5. The molecule has 0 atom stereocenters. The first-order valence-corrected chi connectivity index (χ1v) is 34.6. The molecule has 5 N–H and O–H groups in total. The summed E-state index contributed by atoms with van der Waals surface area (Å²) in [5.41, 5.74) is -1.56. The number of alkyl carbamates (subject to hydrolysis) is 3. The Morgan fingerprint density at radius 1 is 0.287 bits per heavy atom. The quantitative estimate of drug-likeness (QED) is 0.0297. The van der Waals surface area contributed by atoms with Crippen molar-refractivity contribution < 1.29 is 33.4 Å². The van der Waals surface area contributed by atoms with Crippen LogP contribution in [0.5, 0.6) is 0 Å². The van der Waals surface area contributed by atoms with Crippen LogP contribution in [0.3, 0.4) is 0 Å². The van der Waals surface area contributed by atoms with Crippen LogP contribution in [0.4, 0.5) is 19.2 Å². The maximum Gasteiger partial charge on any atom is 0.407 e. The minimum absolute atomic E-state index is 0.387. The Balaban J connectivity index is 5.13. The third-order valence-electron chi connectivity index (χ3n) is 15.8. The zero-order valence-corrected chi connectivity index (χ0v) is 53.6.